The molecule has 0 bridgehead atoms. The average molecular weight is 492 g/mol. The van der Waals surface area contributed by atoms with E-state index in [-0.39, 0.29) is 19.1 Å². The molecule has 4 rings (SSSR count). The van der Waals surface area contributed by atoms with Gasteiger partial charge in [0.05, 0.1) is 26.3 Å². The second-order valence-electron chi connectivity index (χ2n) is 8.22. The number of nitrogens with one attached hydrogen (secondary N) is 1. The third-order valence-corrected chi connectivity index (χ3v) is 5.68. The Hall–Kier alpha value is -4.34. The zero-order valence-electron chi connectivity index (χ0n) is 21.0. The van der Waals surface area contributed by atoms with Gasteiger partial charge in [-0.25, -0.2) is 0 Å². The van der Waals surface area contributed by atoms with E-state index >= 15 is 0 Å². The van der Waals surface area contributed by atoms with Crippen LogP contribution in [0.1, 0.15) is 16.7 Å². The standard InChI is InChI=1S/C26H29N5O5/c1-16-12-17(2)18(3)22(13-16)36-15-24(32)27-10-11-35-25-9-8-23-28-29-26(31(23)30-25)20-14-19(33-4)6-7-21(20)34-5/h6-9,12-14H,10-11,15H2,1-5H3,(H,27,32). The molecule has 188 valence electrons. The molecule has 36 heavy (non-hydrogen) atoms. The molecule has 2 aromatic heterocycles. The number of hydrogen-bond donors (Lipinski definition) is 1. The minimum atomic E-state index is -0.230. The Kier molecular flexibility index (Phi) is 7.53. The zero-order valence-corrected chi connectivity index (χ0v) is 21.0. The maximum Gasteiger partial charge on any atom is 0.258 e. The molecule has 0 unspecified atom stereocenters. The van der Waals surface area contributed by atoms with Crippen molar-refractivity contribution in [3.05, 3.63) is 59.2 Å². The van der Waals surface area contributed by atoms with Gasteiger partial charge in [-0.2, -0.15) is 4.52 Å². The van der Waals surface area contributed by atoms with Gasteiger partial charge < -0.3 is 24.3 Å². The van der Waals surface area contributed by atoms with Gasteiger partial charge in [-0.05, 0) is 67.8 Å². The van der Waals surface area contributed by atoms with Crippen molar-refractivity contribution in [2.75, 3.05) is 34.0 Å². The van der Waals surface area contributed by atoms with Crippen LogP contribution in [0, 0.1) is 20.8 Å². The molecule has 10 heteroatoms. The smallest absolute Gasteiger partial charge is 0.258 e. The minimum absolute atomic E-state index is 0.0691. The number of benzene rings is 2. The van der Waals surface area contributed by atoms with Crippen LogP contribution in [0.2, 0.25) is 0 Å². The van der Waals surface area contributed by atoms with E-state index in [9.17, 15) is 4.79 Å². The van der Waals surface area contributed by atoms with Gasteiger partial charge in [0.2, 0.25) is 5.88 Å². The molecule has 0 aliphatic rings. The molecule has 0 radical (unpaired) electrons. The summed E-state index contributed by atoms with van der Waals surface area (Å²) in [4.78, 5) is 12.2. The Balaban J connectivity index is 1.36. The highest BCUT2D eigenvalue weighted by Crippen LogP contribution is 2.32. The van der Waals surface area contributed by atoms with Gasteiger partial charge in [-0.15, -0.1) is 15.3 Å². The molecule has 0 saturated carbocycles. The third kappa shape index (κ3) is 5.48. The van der Waals surface area contributed by atoms with Crippen LogP contribution < -0.4 is 24.3 Å². The summed E-state index contributed by atoms with van der Waals surface area (Å²) in [5.41, 5.74) is 4.48. The van der Waals surface area contributed by atoms with Crippen molar-refractivity contribution in [3.63, 3.8) is 0 Å². The van der Waals surface area contributed by atoms with Crippen LogP contribution in [0.25, 0.3) is 17.0 Å². The van der Waals surface area contributed by atoms with E-state index in [0.717, 1.165) is 16.7 Å². The lowest BCUT2D eigenvalue weighted by Gasteiger charge is -2.12. The summed E-state index contributed by atoms with van der Waals surface area (Å²) in [6, 6.07) is 12.9. The molecule has 0 spiro atoms. The number of aromatic nitrogens is 4. The van der Waals surface area contributed by atoms with Crippen molar-refractivity contribution in [2.24, 2.45) is 0 Å². The predicted molar refractivity (Wildman–Crippen MR) is 134 cm³/mol. The van der Waals surface area contributed by atoms with Gasteiger partial charge in [0.15, 0.2) is 18.1 Å². The van der Waals surface area contributed by atoms with Crippen LogP contribution in [0.4, 0.5) is 0 Å². The molecule has 10 nitrogen and oxygen atoms in total. The lowest BCUT2D eigenvalue weighted by Crippen LogP contribution is -2.32. The van der Waals surface area contributed by atoms with Crippen molar-refractivity contribution in [3.8, 4) is 34.5 Å². The first-order chi connectivity index (χ1) is 17.4. The van der Waals surface area contributed by atoms with Crippen LogP contribution in [0.5, 0.6) is 23.1 Å². The predicted octanol–water partition coefficient (Wildman–Crippen LogP) is 3.31. The number of carbonyl (C=O) groups excluding carboxylic acids is 1. The van der Waals surface area contributed by atoms with Crippen molar-refractivity contribution < 1.29 is 23.7 Å². The van der Waals surface area contributed by atoms with Crippen LogP contribution in [-0.2, 0) is 4.79 Å². The van der Waals surface area contributed by atoms with Crippen molar-refractivity contribution in [1.82, 2.24) is 25.1 Å². The molecule has 0 aliphatic heterocycles. The average Bonchev–Trinajstić information content (AvgIpc) is 3.30. The van der Waals surface area contributed by atoms with Crippen LogP contribution >= 0.6 is 0 Å². The lowest BCUT2D eigenvalue weighted by molar-refractivity contribution is -0.123. The summed E-state index contributed by atoms with van der Waals surface area (Å²) in [6.45, 7) is 6.46. The maximum atomic E-state index is 12.2. The Morgan fingerprint density at radius 1 is 0.944 bits per heavy atom. The Labute approximate surface area is 209 Å². The van der Waals surface area contributed by atoms with Gasteiger partial charge in [0.1, 0.15) is 23.9 Å². The zero-order chi connectivity index (χ0) is 25.7. The summed E-state index contributed by atoms with van der Waals surface area (Å²) in [5.74, 6) is 2.60. The molecule has 1 amide bonds. The fraction of sp³-hybridized carbons (Fsp3) is 0.308. The topological polar surface area (TPSA) is 109 Å². The van der Waals surface area contributed by atoms with Crippen molar-refractivity contribution >= 4 is 11.6 Å². The molecule has 0 saturated heterocycles. The fourth-order valence-electron chi connectivity index (χ4n) is 3.70. The SMILES string of the molecule is COc1ccc(OC)c(-c2nnc3ccc(OCCNC(=O)COc4cc(C)cc(C)c4C)nn23)c1. The highest BCUT2D eigenvalue weighted by molar-refractivity contribution is 5.77. The van der Waals surface area contributed by atoms with Crippen molar-refractivity contribution in [1.29, 1.82) is 0 Å². The quantitative estimate of drug-likeness (QED) is 0.337. The molecule has 2 heterocycles. The molecule has 0 fully saturated rings. The first kappa shape index (κ1) is 24.8. The number of fused-ring (bicyclic) bond motifs is 1. The van der Waals surface area contributed by atoms with Gasteiger partial charge in [-0.1, -0.05) is 6.07 Å². The van der Waals surface area contributed by atoms with Gasteiger partial charge in [-0.3, -0.25) is 4.79 Å². The molecule has 0 atom stereocenters. The number of carbonyl (C=O) groups is 1. The van der Waals surface area contributed by atoms with E-state index in [1.165, 1.54) is 0 Å². The van der Waals surface area contributed by atoms with Gasteiger partial charge in [0, 0.05) is 6.07 Å². The first-order valence-electron chi connectivity index (χ1n) is 11.4. The van der Waals surface area contributed by atoms with Gasteiger partial charge in [0.25, 0.3) is 5.91 Å². The Morgan fingerprint density at radius 2 is 1.78 bits per heavy atom. The second-order valence-corrected chi connectivity index (χ2v) is 8.22. The highest BCUT2D eigenvalue weighted by Gasteiger charge is 2.16. The number of methoxy groups -OCH3 is 2. The number of hydrogen-bond acceptors (Lipinski definition) is 8. The van der Waals surface area contributed by atoms with E-state index in [1.54, 1.807) is 43.0 Å². The lowest BCUT2D eigenvalue weighted by atomic mass is 10.1. The number of amides is 1. The summed E-state index contributed by atoms with van der Waals surface area (Å²) < 4.78 is 23.8. The highest BCUT2D eigenvalue weighted by atomic mass is 16.5. The maximum absolute atomic E-state index is 12.2. The molecule has 2 aromatic carbocycles. The molecule has 1 N–H and O–H groups in total. The summed E-state index contributed by atoms with van der Waals surface area (Å²) >= 11 is 0. The van der Waals surface area contributed by atoms with E-state index < -0.39 is 0 Å². The normalized spacial score (nSPS) is 10.8. The monoisotopic (exact) mass is 491 g/mol. The van der Waals surface area contributed by atoms with Crippen molar-refractivity contribution in [2.45, 2.75) is 20.8 Å². The third-order valence-electron chi connectivity index (χ3n) is 5.68. The number of nitrogens with zero attached hydrogens (tertiary/aromatic N) is 4. The second kappa shape index (κ2) is 10.9. The number of aryl methyl sites for hydroxylation is 2. The Morgan fingerprint density at radius 3 is 2.56 bits per heavy atom. The minimum Gasteiger partial charge on any atom is -0.497 e. The molecular weight excluding hydrogens is 462 g/mol. The van der Waals surface area contributed by atoms with Crippen LogP contribution in [-0.4, -0.2) is 59.7 Å². The number of rotatable bonds is 10. The summed E-state index contributed by atoms with van der Waals surface area (Å²) in [5, 5.41) is 15.7. The van der Waals surface area contributed by atoms with E-state index in [1.807, 2.05) is 32.9 Å². The van der Waals surface area contributed by atoms with Crippen LogP contribution in [0.15, 0.2) is 42.5 Å². The largest absolute Gasteiger partial charge is 0.497 e. The molecule has 0 aliphatic carbocycles. The summed E-state index contributed by atoms with van der Waals surface area (Å²) in [7, 11) is 3.17. The summed E-state index contributed by atoms with van der Waals surface area (Å²) in [6.07, 6.45) is 0. The molecular formula is C26H29N5O5. The molecule has 4 aromatic rings. The van der Waals surface area contributed by atoms with E-state index in [0.29, 0.717) is 46.7 Å². The van der Waals surface area contributed by atoms with E-state index in [2.05, 4.69) is 26.7 Å². The van der Waals surface area contributed by atoms with Crippen LogP contribution in [0.3, 0.4) is 0 Å². The van der Waals surface area contributed by atoms with E-state index in [4.69, 9.17) is 18.9 Å². The fourth-order valence-corrected chi connectivity index (χ4v) is 3.70. The van der Waals surface area contributed by atoms with Gasteiger partial charge >= 0.3 is 0 Å². The Bertz CT molecular complexity index is 1380. The number of ether oxygens (including phenoxy) is 4. The first-order valence-corrected chi connectivity index (χ1v) is 11.4.